The van der Waals surface area contributed by atoms with E-state index in [1.54, 1.807) is 23.1 Å². The lowest BCUT2D eigenvalue weighted by Crippen LogP contribution is -2.55. The molecule has 4 rings (SSSR count). The Bertz CT molecular complexity index is 1000. The molecule has 7 nitrogen and oxygen atoms in total. The topological polar surface area (TPSA) is 76.2 Å². The zero-order valence-electron chi connectivity index (χ0n) is 14.5. The van der Waals surface area contributed by atoms with Crippen LogP contribution in [0.4, 0.5) is 0 Å². The van der Waals surface area contributed by atoms with E-state index in [9.17, 15) is 13.2 Å². The number of rotatable bonds is 3. The quantitative estimate of drug-likeness (QED) is 0.700. The number of nitrogens with zero attached hydrogens (tertiary/aromatic N) is 2. The van der Waals surface area contributed by atoms with Crippen LogP contribution < -0.4 is 9.47 Å². The predicted octanol–water partition coefficient (Wildman–Crippen LogP) is 2.73. The van der Waals surface area contributed by atoms with E-state index in [4.69, 9.17) is 32.7 Å². The van der Waals surface area contributed by atoms with Gasteiger partial charge in [0, 0.05) is 26.2 Å². The summed E-state index contributed by atoms with van der Waals surface area (Å²) in [5, 5.41) is 0. The molecule has 28 heavy (non-hydrogen) atoms. The number of fused-ring (bicyclic) bond motifs is 1. The molecule has 0 radical (unpaired) electrons. The number of benzene rings is 1. The van der Waals surface area contributed by atoms with Gasteiger partial charge in [-0.2, -0.15) is 4.31 Å². The lowest BCUT2D eigenvalue weighted by Gasteiger charge is -2.36. The van der Waals surface area contributed by atoms with Crippen molar-refractivity contribution in [1.29, 1.82) is 0 Å². The van der Waals surface area contributed by atoms with Crippen molar-refractivity contribution < 1.29 is 22.7 Å². The molecule has 2 aromatic rings. The van der Waals surface area contributed by atoms with Crippen molar-refractivity contribution in [2.24, 2.45) is 0 Å². The van der Waals surface area contributed by atoms with E-state index >= 15 is 0 Å². The first kappa shape index (κ1) is 19.8. The molecule has 0 N–H and O–H groups in total. The molecule has 3 heterocycles. The standard InChI is InChI=1S/C17H16Cl2N2O5S2/c18-15-9-14(16(19)27-15)28(23,24)21-7-5-20(6-8-21)17(22)13-10-25-11-3-1-2-4-12(11)26-13/h1-4,9,13H,5-8,10H2. The third kappa shape index (κ3) is 3.69. The SMILES string of the molecule is O=C(C1COc2ccccc2O1)N1CCN(S(=O)(=O)c2cc(Cl)sc2Cl)CC1. The maximum atomic E-state index is 12.8. The van der Waals surface area contributed by atoms with E-state index in [1.165, 1.54) is 10.4 Å². The van der Waals surface area contributed by atoms with E-state index in [1.807, 2.05) is 6.07 Å². The van der Waals surface area contributed by atoms with Crippen molar-refractivity contribution in [2.75, 3.05) is 32.8 Å². The highest BCUT2D eigenvalue weighted by atomic mass is 35.5. The monoisotopic (exact) mass is 462 g/mol. The van der Waals surface area contributed by atoms with Crippen LogP contribution in [0.1, 0.15) is 0 Å². The Kier molecular flexibility index (Phi) is 5.45. The number of ether oxygens (including phenoxy) is 2. The minimum absolute atomic E-state index is 0.00423. The first-order valence-corrected chi connectivity index (χ1v) is 11.5. The van der Waals surface area contributed by atoms with Gasteiger partial charge in [0.1, 0.15) is 15.8 Å². The molecule has 0 bridgehead atoms. The predicted molar refractivity (Wildman–Crippen MR) is 106 cm³/mol. The highest BCUT2D eigenvalue weighted by Crippen LogP contribution is 2.36. The molecule has 1 amide bonds. The second-order valence-electron chi connectivity index (χ2n) is 6.28. The average Bonchev–Trinajstić information content (AvgIpc) is 3.06. The molecule has 0 aliphatic carbocycles. The molecule has 0 spiro atoms. The van der Waals surface area contributed by atoms with E-state index in [2.05, 4.69) is 0 Å². The first-order chi connectivity index (χ1) is 13.4. The van der Waals surface area contributed by atoms with Gasteiger partial charge in [0.2, 0.25) is 16.1 Å². The average molecular weight is 463 g/mol. The first-order valence-electron chi connectivity index (χ1n) is 8.48. The number of thiophene rings is 1. The van der Waals surface area contributed by atoms with E-state index in [-0.39, 0.29) is 47.9 Å². The fourth-order valence-corrected chi connectivity index (χ4v) is 6.67. The summed E-state index contributed by atoms with van der Waals surface area (Å²) in [6.45, 7) is 0.978. The van der Waals surface area contributed by atoms with Gasteiger partial charge in [-0.05, 0) is 18.2 Å². The number of halogens is 2. The summed E-state index contributed by atoms with van der Waals surface area (Å²) in [6.07, 6.45) is -0.747. The molecular formula is C17H16Cl2N2O5S2. The van der Waals surface area contributed by atoms with Gasteiger partial charge < -0.3 is 14.4 Å². The second-order valence-corrected chi connectivity index (χ2v) is 10.5. The van der Waals surface area contributed by atoms with Gasteiger partial charge in [-0.3, -0.25) is 4.79 Å². The van der Waals surface area contributed by atoms with Gasteiger partial charge in [-0.15, -0.1) is 11.3 Å². The Labute approximate surface area is 176 Å². The summed E-state index contributed by atoms with van der Waals surface area (Å²) in [4.78, 5) is 14.4. The van der Waals surface area contributed by atoms with Crippen LogP contribution in [0.25, 0.3) is 0 Å². The maximum Gasteiger partial charge on any atom is 0.267 e. The zero-order chi connectivity index (χ0) is 19.9. The van der Waals surface area contributed by atoms with Crippen LogP contribution in [0.5, 0.6) is 11.5 Å². The van der Waals surface area contributed by atoms with Crippen LogP contribution in [0, 0.1) is 0 Å². The Morgan fingerprint density at radius 3 is 2.43 bits per heavy atom. The van der Waals surface area contributed by atoms with Gasteiger partial charge in [0.05, 0.1) is 4.34 Å². The number of hydrogen-bond acceptors (Lipinski definition) is 6. The Morgan fingerprint density at radius 2 is 1.79 bits per heavy atom. The summed E-state index contributed by atoms with van der Waals surface area (Å²) < 4.78 is 38.7. The molecule has 2 aliphatic heterocycles. The summed E-state index contributed by atoms with van der Waals surface area (Å²) in [6, 6.07) is 8.51. The molecule has 150 valence electrons. The Balaban J connectivity index is 1.40. The minimum Gasteiger partial charge on any atom is -0.485 e. The van der Waals surface area contributed by atoms with Gasteiger partial charge in [-0.1, -0.05) is 35.3 Å². The summed E-state index contributed by atoms with van der Waals surface area (Å²) >= 11 is 12.9. The molecule has 1 saturated heterocycles. The number of piperazine rings is 1. The molecule has 1 atom stereocenters. The molecule has 1 unspecified atom stereocenters. The number of para-hydroxylation sites is 2. The second kappa shape index (κ2) is 7.72. The maximum absolute atomic E-state index is 12.8. The van der Waals surface area contributed by atoms with Crippen molar-refractivity contribution in [1.82, 2.24) is 9.21 Å². The lowest BCUT2D eigenvalue weighted by molar-refractivity contribution is -0.142. The van der Waals surface area contributed by atoms with Crippen LogP contribution >= 0.6 is 34.5 Å². The van der Waals surface area contributed by atoms with Gasteiger partial charge in [0.25, 0.3) is 5.91 Å². The molecule has 1 aromatic carbocycles. The summed E-state index contributed by atoms with van der Waals surface area (Å²) in [5.74, 6) is 0.911. The molecule has 11 heteroatoms. The zero-order valence-corrected chi connectivity index (χ0v) is 17.7. The fourth-order valence-electron chi connectivity index (χ4n) is 3.13. The molecule has 0 saturated carbocycles. The van der Waals surface area contributed by atoms with Crippen molar-refractivity contribution in [3.05, 3.63) is 39.0 Å². The van der Waals surface area contributed by atoms with Crippen LogP contribution in [0.2, 0.25) is 8.67 Å². The van der Waals surface area contributed by atoms with Crippen LogP contribution in [-0.2, 0) is 14.8 Å². The smallest absolute Gasteiger partial charge is 0.267 e. The molecule has 1 aromatic heterocycles. The highest BCUT2D eigenvalue weighted by Gasteiger charge is 2.36. The lowest BCUT2D eigenvalue weighted by atomic mass is 10.2. The van der Waals surface area contributed by atoms with Crippen molar-refractivity contribution >= 4 is 50.5 Å². The van der Waals surface area contributed by atoms with Crippen LogP contribution in [-0.4, -0.2) is 62.4 Å². The van der Waals surface area contributed by atoms with Crippen molar-refractivity contribution in [2.45, 2.75) is 11.0 Å². The number of carbonyl (C=O) groups excluding carboxylic acids is 1. The van der Waals surface area contributed by atoms with E-state index in [0.29, 0.717) is 15.8 Å². The molecule has 2 aliphatic rings. The largest absolute Gasteiger partial charge is 0.485 e. The van der Waals surface area contributed by atoms with Crippen molar-refractivity contribution in [3.8, 4) is 11.5 Å². The Morgan fingerprint density at radius 1 is 1.11 bits per heavy atom. The van der Waals surface area contributed by atoms with E-state index in [0.717, 1.165) is 11.3 Å². The van der Waals surface area contributed by atoms with Crippen LogP contribution in [0.3, 0.4) is 0 Å². The highest BCUT2D eigenvalue weighted by molar-refractivity contribution is 7.89. The number of sulfonamides is 1. The molecular weight excluding hydrogens is 447 g/mol. The fraction of sp³-hybridized carbons (Fsp3) is 0.353. The van der Waals surface area contributed by atoms with Gasteiger partial charge in [-0.25, -0.2) is 8.42 Å². The van der Waals surface area contributed by atoms with Gasteiger partial charge in [0.15, 0.2) is 11.5 Å². The Hall–Kier alpha value is -1.52. The van der Waals surface area contributed by atoms with Gasteiger partial charge >= 0.3 is 0 Å². The molecule has 1 fully saturated rings. The van der Waals surface area contributed by atoms with Crippen LogP contribution in [0.15, 0.2) is 35.2 Å². The summed E-state index contributed by atoms with van der Waals surface area (Å²) in [5.41, 5.74) is 0. The summed E-state index contributed by atoms with van der Waals surface area (Å²) in [7, 11) is -3.75. The third-order valence-electron chi connectivity index (χ3n) is 4.58. The third-order valence-corrected chi connectivity index (χ3v) is 8.23. The number of amides is 1. The minimum atomic E-state index is -3.75. The van der Waals surface area contributed by atoms with Crippen molar-refractivity contribution in [3.63, 3.8) is 0 Å². The number of carbonyl (C=O) groups is 1. The normalized spacial score (nSPS) is 20.2. The number of hydrogen-bond donors (Lipinski definition) is 0. The van der Waals surface area contributed by atoms with E-state index < -0.39 is 16.1 Å².